The molecule has 170 valence electrons. The number of carbonyl (C=O) groups is 1. The van der Waals surface area contributed by atoms with Crippen LogP contribution in [0.15, 0.2) is 65.8 Å². The Kier molecular flexibility index (Phi) is 5.56. The first-order valence-electron chi connectivity index (χ1n) is 10.6. The van der Waals surface area contributed by atoms with E-state index in [1.165, 1.54) is 6.07 Å². The van der Waals surface area contributed by atoms with E-state index in [1.54, 1.807) is 36.7 Å². The quantitative estimate of drug-likeness (QED) is 0.288. The van der Waals surface area contributed by atoms with Crippen molar-refractivity contribution in [3.05, 3.63) is 99.2 Å². The number of nitrogen functional groups attached to an aromatic ring is 1. The molecular weight excluding hydrogens is 434 g/mol. The SMILES string of the molecule is Nc1cc(Cc2cnn(Cc3ccc(C(=O)NCc4ccc(=O)[nH]c4)cc3)c2)c2n[nH]nc2n1. The summed E-state index contributed by atoms with van der Waals surface area (Å²) in [6.45, 7) is 0.897. The van der Waals surface area contributed by atoms with Gasteiger partial charge in [-0.05, 0) is 40.5 Å². The van der Waals surface area contributed by atoms with Crippen LogP contribution in [0.1, 0.15) is 32.6 Å². The highest BCUT2D eigenvalue weighted by molar-refractivity contribution is 5.94. The maximum atomic E-state index is 12.4. The van der Waals surface area contributed by atoms with Crippen LogP contribution < -0.4 is 16.6 Å². The summed E-state index contributed by atoms with van der Waals surface area (Å²) in [4.78, 5) is 30.3. The Bertz CT molecular complexity index is 1500. The highest BCUT2D eigenvalue weighted by Crippen LogP contribution is 2.19. The number of fused-ring (bicyclic) bond motifs is 1. The van der Waals surface area contributed by atoms with E-state index in [1.807, 2.05) is 23.0 Å². The van der Waals surface area contributed by atoms with Crippen molar-refractivity contribution in [2.75, 3.05) is 5.73 Å². The van der Waals surface area contributed by atoms with Gasteiger partial charge >= 0.3 is 0 Å². The monoisotopic (exact) mass is 455 g/mol. The molecule has 4 aromatic heterocycles. The van der Waals surface area contributed by atoms with Gasteiger partial charge < -0.3 is 16.0 Å². The zero-order valence-corrected chi connectivity index (χ0v) is 18.0. The number of nitrogens with one attached hydrogen (secondary N) is 3. The molecule has 0 saturated heterocycles. The van der Waals surface area contributed by atoms with Crippen LogP contribution in [0.3, 0.4) is 0 Å². The molecule has 1 amide bonds. The molecule has 0 radical (unpaired) electrons. The molecule has 5 aromatic rings. The van der Waals surface area contributed by atoms with Gasteiger partial charge in [0.15, 0.2) is 0 Å². The van der Waals surface area contributed by atoms with Gasteiger partial charge in [0.05, 0.1) is 12.7 Å². The van der Waals surface area contributed by atoms with Crippen LogP contribution in [0.4, 0.5) is 5.82 Å². The number of H-pyrrole nitrogens is 2. The number of nitrogens with two attached hydrogens (primary N) is 1. The van der Waals surface area contributed by atoms with Crippen molar-refractivity contribution in [1.29, 1.82) is 0 Å². The minimum atomic E-state index is -0.185. The van der Waals surface area contributed by atoms with E-state index in [2.05, 4.69) is 35.8 Å². The first-order chi connectivity index (χ1) is 16.5. The third kappa shape index (κ3) is 4.67. The second-order valence-electron chi connectivity index (χ2n) is 7.87. The molecule has 1 aromatic carbocycles. The van der Waals surface area contributed by atoms with Crippen molar-refractivity contribution in [1.82, 2.24) is 40.5 Å². The van der Waals surface area contributed by atoms with Crippen LogP contribution in [0.2, 0.25) is 0 Å². The third-order valence-electron chi connectivity index (χ3n) is 5.33. The lowest BCUT2D eigenvalue weighted by atomic mass is 10.1. The molecule has 4 heterocycles. The number of aromatic nitrogens is 7. The van der Waals surface area contributed by atoms with E-state index >= 15 is 0 Å². The molecule has 0 aliphatic rings. The third-order valence-corrected chi connectivity index (χ3v) is 5.33. The van der Waals surface area contributed by atoms with Crippen molar-refractivity contribution in [2.45, 2.75) is 19.5 Å². The smallest absolute Gasteiger partial charge is 0.251 e. The minimum absolute atomic E-state index is 0.177. The number of rotatable bonds is 7. The average molecular weight is 455 g/mol. The van der Waals surface area contributed by atoms with Crippen molar-refractivity contribution >= 4 is 22.9 Å². The number of amides is 1. The van der Waals surface area contributed by atoms with Gasteiger partial charge in [0.25, 0.3) is 5.91 Å². The van der Waals surface area contributed by atoms with Crippen LogP contribution in [0.25, 0.3) is 11.2 Å². The fraction of sp³-hybridized carbons (Fsp3) is 0.130. The van der Waals surface area contributed by atoms with E-state index in [0.717, 1.165) is 22.3 Å². The molecule has 5 rings (SSSR count). The summed E-state index contributed by atoms with van der Waals surface area (Å²) in [6, 6.07) is 12.3. The van der Waals surface area contributed by atoms with Gasteiger partial charge in [0.2, 0.25) is 11.2 Å². The Morgan fingerprint density at radius 3 is 2.68 bits per heavy atom. The maximum Gasteiger partial charge on any atom is 0.251 e. The summed E-state index contributed by atoms with van der Waals surface area (Å²) >= 11 is 0. The van der Waals surface area contributed by atoms with E-state index in [-0.39, 0.29) is 11.5 Å². The number of nitrogens with zero attached hydrogens (tertiary/aromatic N) is 5. The standard InChI is InChI=1S/C23H21N9O2/c24-19-8-18(21-22(28-19)30-31-29-21)7-16-11-27-32(13-16)12-14-1-4-17(5-2-14)23(34)26-10-15-3-6-20(33)25-9-15/h1-6,8-9,11,13H,7,10,12H2,(H,25,33)(H,26,34)(H3,24,28,29,30,31). The van der Waals surface area contributed by atoms with Crippen LogP contribution in [-0.4, -0.2) is 41.1 Å². The summed E-state index contributed by atoms with van der Waals surface area (Å²) in [7, 11) is 0. The van der Waals surface area contributed by atoms with Crippen LogP contribution in [0, 0.1) is 0 Å². The maximum absolute atomic E-state index is 12.4. The molecule has 0 spiro atoms. The molecule has 0 fully saturated rings. The lowest BCUT2D eigenvalue weighted by molar-refractivity contribution is 0.0951. The molecule has 0 saturated carbocycles. The van der Waals surface area contributed by atoms with Gasteiger partial charge in [0, 0.05) is 37.0 Å². The predicted molar refractivity (Wildman–Crippen MR) is 125 cm³/mol. The fourth-order valence-corrected chi connectivity index (χ4v) is 3.64. The van der Waals surface area contributed by atoms with Crippen molar-refractivity contribution in [3.8, 4) is 0 Å². The molecule has 11 heteroatoms. The molecule has 0 aliphatic carbocycles. The molecular formula is C23H21N9O2. The van der Waals surface area contributed by atoms with Gasteiger partial charge in [0.1, 0.15) is 11.3 Å². The van der Waals surface area contributed by atoms with Gasteiger partial charge in [-0.3, -0.25) is 14.3 Å². The molecule has 0 aliphatic heterocycles. The lowest BCUT2D eigenvalue weighted by Gasteiger charge is -2.07. The zero-order valence-electron chi connectivity index (χ0n) is 18.0. The molecule has 5 N–H and O–H groups in total. The number of hydrogen-bond acceptors (Lipinski definition) is 7. The Balaban J connectivity index is 1.20. The van der Waals surface area contributed by atoms with Crippen molar-refractivity contribution in [3.63, 3.8) is 0 Å². The second kappa shape index (κ2) is 8.98. The highest BCUT2D eigenvalue weighted by Gasteiger charge is 2.11. The summed E-state index contributed by atoms with van der Waals surface area (Å²) in [6.07, 6.45) is 5.96. The number of pyridine rings is 2. The Hall–Kier alpha value is -4.80. The number of anilines is 1. The summed E-state index contributed by atoms with van der Waals surface area (Å²) in [5.41, 5.74) is 11.2. The summed E-state index contributed by atoms with van der Waals surface area (Å²) < 4.78 is 1.84. The number of aromatic amines is 2. The van der Waals surface area contributed by atoms with E-state index < -0.39 is 0 Å². The fourth-order valence-electron chi connectivity index (χ4n) is 3.64. The largest absolute Gasteiger partial charge is 0.384 e. The summed E-state index contributed by atoms with van der Waals surface area (Å²) in [5.74, 6) is 0.210. The van der Waals surface area contributed by atoms with Crippen LogP contribution in [0.5, 0.6) is 0 Å². The van der Waals surface area contributed by atoms with Crippen molar-refractivity contribution < 1.29 is 4.79 Å². The Labute approximate surface area is 193 Å². The van der Waals surface area contributed by atoms with Crippen molar-refractivity contribution in [2.24, 2.45) is 0 Å². The van der Waals surface area contributed by atoms with E-state index in [0.29, 0.717) is 42.1 Å². The van der Waals surface area contributed by atoms with E-state index in [9.17, 15) is 9.59 Å². The van der Waals surface area contributed by atoms with Gasteiger partial charge in [-0.2, -0.15) is 15.4 Å². The average Bonchev–Trinajstić information content (AvgIpc) is 3.48. The van der Waals surface area contributed by atoms with Crippen LogP contribution in [-0.2, 0) is 19.5 Å². The van der Waals surface area contributed by atoms with E-state index in [4.69, 9.17) is 5.73 Å². The minimum Gasteiger partial charge on any atom is -0.384 e. The first-order valence-corrected chi connectivity index (χ1v) is 10.6. The number of hydrogen-bond donors (Lipinski definition) is 4. The molecule has 0 bridgehead atoms. The lowest BCUT2D eigenvalue weighted by Crippen LogP contribution is -2.23. The van der Waals surface area contributed by atoms with Crippen LogP contribution >= 0.6 is 0 Å². The second-order valence-corrected chi connectivity index (χ2v) is 7.87. The first kappa shape index (κ1) is 21.1. The Morgan fingerprint density at radius 2 is 1.88 bits per heavy atom. The number of carbonyl (C=O) groups excluding carboxylic acids is 1. The predicted octanol–water partition coefficient (Wildman–Crippen LogP) is 1.39. The molecule has 0 atom stereocenters. The summed E-state index contributed by atoms with van der Waals surface area (Å²) in [5, 5.41) is 18.0. The molecule has 34 heavy (non-hydrogen) atoms. The highest BCUT2D eigenvalue weighted by atomic mass is 16.1. The topological polar surface area (TPSA) is 160 Å². The Morgan fingerprint density at radius 1 is 1.06 bits per heavy atom. The zero-order chi connectivity index (χ0) is 23.5. The molecule has 11 nitrogen and oxygen atoms in total. The molecule has 0 unspecified atom stereocenters. The van der Waals surface area contributed by atoms with Gasteiger partial charge in [-0.15, -0.1) is 5.10 Å². The normalized spacial score (nSPS) is 11.1. The van der Waals surface area contributed by atoms with Gasteiger partial charge in [-0.25, -0.2) is 4.98 Å². The number of benzene rings is 1. The van der Waals surface area contributed by atoms with Gasteiger partial charge in [-0.1, -0.05) is 18.2 Å².